The van der Waals surface area contributed by atoms with E-state index in [1.165, 1.54) is 26.4 Å². The summed E-state index contributed by atoms with van der Waals surface area (Å²) >= 11 is 0. The Hall–Kier alpha value is -5.84. The van der Waals surface area contributed by atoms with Crippen molar-refractivity contribution in [2.45, 2.75) is 78.6 Å². The SMILES string of the molecule is COc1cc(C)cc2c(-c3c(O)cc(O)c4c3CC(C)N(C)C4C)cc(-c3cc(-c4c(O)cc(O)c5c4CC(C)N(C)C5C)c4cc(C)cc(OC)c4c3O)c(O)c12. The van der Waals surface area contributed by atoms with E-state index < -0.39 is 0 Å². The zero-order chi connectivity index (χ0) is 41.8. The Morgan fingerprint density at radius 2 is 0.862 bits per heavy atom. The van der Waals surface area contributed by atoms with Crippen LogP contribution in [0.15, 0.2) is 48.5 Å². The number of aromatic hydroxyl groups is 6. The van der Waals surface area contributed by atoms with Crippen molar-refractivity contribution in [1.82, 2.24) is 9.80 Å². The molecule has 58 heavy (non-hydrogen) atoms. The van der Waals surface area contributed by atoms with E-state index in [1.807, 2.05) is 66.1 Å². The van der Waals surface area contributed by atoms with Crippen molar-refractivity contribution in [3.8, 4) is 79.4 Å². The summed E-state index contributed by atoms with van der Waals surface area (Å²) in [6, 6.07) is 13.7. The van der Waals surface area contributed by atoms with Gasteiger partial charge < -0.3 is 40.1 Å². The molecule has 2 aliphatic heterocycles. The maximum atomic E-state index is 12.5. The lowest BCUT2D eigenvalue weighted by molar-refractivity contribution is 0.176. The highest BCUT2D eigenvalue weighted by atomic mass is 16.5. The lowest BCUT2D eigenvalue weighted by Gasteiger charge is -2.39. The maximum absolute atomic E-state index is 12.5. The first-order valence-electron chi connectivity index (χ1n) is 19.8. The van der Waals surface area contributed by atoms with Crippen molar-refractivity contribution in [3.63, 3.8) is 0 Å². The standard InChI is InChI=1S/C48H52N2O8/c1-21-11-27-29(43-33-15-23(3)49(7)25(5)41(33)35(51)19-37(43)53)17-31(47(55)45(27)39(13-21)57-9)32-18-30(28-12-22(2)14-40(58-10)46(28)48(32)56)44-34-16-24(4)50(8)26(6)42(34)36(52)20-38(44)54/h11-14,17-20,23-26,51-56H,15-16H2,1-10H3. The van der Waals surface area contributed by atoms with E-state index in [0.717, 1.165) is 22.3 Å². The molecule has 4 unspecified atom stereocenters. The molecule has 0 saturated heterocycles. The molecule has 2 heterocycles. The number of aryl methyl sites for hydroxylation is 2. The summed E-state index contributed by atoms with van der Waals surface area (Å²) in [7, 11) is 7.11. The van der Waals surface area contributed by atoms with Gasteiger partial charge in [0.25, 0.3) is 0 Å². The molecule has 6 aromatic carbocycles. The summed E-state index contributed by atoms with van der Waals surface area (Å²) in [4.78, 5) is 4.38. The lowest BCUT2D eigenvalue weighted by Crippen LogP contribution is -2.38. The second-order valence-corrected chi connectivity index (χ2v) is 16.6. The number of nitrogens with zero attached hydrogens (tertiary/aromatic N) is 2. The van der Waals surface area contributed by atoms with E-state index in [-0.39, 0.29) is 69.8 Å². The Labute approximate surface area is 338 Å². The fourth-order valence-corrected chi connectivity index (χ4v) is 9.87. The third kappa shape index (κ3) is 5.67. The molecule has 302 valence electrons. The number of fused-ring (bicyclic) bond motifs is 4. The van der Waals surface area contributed by atoms with Gasteiger partial charge in [0.15, 0.2) is 0 Å². The van der Waals surface area contributed by atoms with Crippen molar-refractivity contribution in [2.75, 3.05) is 28.3 Å². The second kappa shape index (κ2) is 13.9. The summed E-state index contributed by atoms with van der Waals surface area (Å²) in [6.07, 6.45) is 1.07. The fraction of sp³-hybridized carbons (Fsp3) is 0.333. The van der Waals surface area contributed by atoms with E-state index >= 15 is 0 Å². The van der Waals surface area contributed by atoms with Crippen LogP contribution in [0.4, 0.5) is 0 Å². The van der Waals surface area contributed by atoms with Gasteiger partial charge in [-0.3, -0.25) is 9.80 Å². The molecule has 6 aromatic rings. The quantitative estimate of drug-likeness (QED) is 0.0999. The molecule has 0 aromatic heterocycles. The van der Waals surface area contributed by atoms with Gasteiger partial charge in [0.1, 0.15) is 46.0 Å². The third-order valence-corrected chi connectivity index (χ3v) is 13.2. The molecule has 2 aliphatic rings. The summed E-state index contributed by atoms with van der Waals surface area (Å²) < 4.78 is 11.9. The smallest absolute Gasteiger partial charge is 0.135 e. The predicted molar refractivity (Wildman–Crippen MR) is 229 cm³/mol. The predicted octanol–water partition coefficient (Wildman–Crippen LogP) is 9.74. The van der Waals surface area contributed by atoms with E-state index in [0.29, 0.717) is 79.3 Å². The van der Waals surface area contributed by atoms with Gasteiger partial charge in [0, 0.05) is 69.7 Å². The number of methoxy groups -OCH3 is 2. The second-order valence-electron chi connectivity index (χ2n) is 16.6. The minimum atomic E-state index is -0.158. The highest BCUT2D eigenvalue weighted by molar-refractivity contribution is 6.13. The first-order chi connectivity index (χ1) is 27.5. The van der Waals surface area contributed by atoms with E-state index in [9.17, 15) is 30.6 Å². The van der Waals surface area contributed by atoms with Crippen molar-refractivity contribution in [3.05, 3.63) is 81.9 Å². The van der Waals surface area contributed by atoms with Crippen molar-refractivity contribution in [1.29, 1.82) is 0 Å². The molecule has 0 radical (unpaired) electrons. The topological polar surface area (TPSA) is 146 Å². The maximum Gasteiger partial charge on any atom is 0.135 e. The van der Waals surface area contributed by atoms with E-state index in [1.54, 1.807) is 12.1 Å². The average molecular weight is 785 g/mol. The van der Waals surface area contributed by atoms with Gasteiger partial charge in [-0.1, -0.05) is 12.1 Å². The number of phenols is 6. The highest BCUT2D eigenvalue weighted by Gasteiger charge is 2.36. The van der Waals surface area contributed by atoms with Gasteiger partial charge in [-0.05, 0) is 137 Å². The van der Waals surface area contributed by atoms with Crippen LogP contribution in [-0.2, 0) is 12.8 Å². The zero-order valence-electron chi connectivity index (χ0n) is 34.7. The fourth-order valence-electron chi connectivity index (χ4n) is 9.87. The van der Waals surface area contributed by atoms with Crippen molar-refractivity contribution in [2.24, 2.45) is 0 Å². The van der Waals surface area contributed by atoms with Gasteiger partial charge in [0.05, 0.1) is 25.0 Å². The largest absolute Gasteiger partial charge is 0.507 e. The third-order valence-electron chi connectivity index (χ3n) is 13.2. The molecule has 0 fully saturated rings. The molecule has 6 N–H and O–H groups in total. The number of likely N-dealkylation sites (N-methyl/N-ethyl adjacent to an activating group) is 2. The molecule has 4 atom stereocenters. The van der Waals surface area contributed by atoms with E-state index in [2.05, 4.69) is 23.6 Å². The van der Waals surface area contributed by atoms with Gasteiger partial charge in [-0.25, -0.2) is 0 Å². The Balaban J connectivity index is 1.55. The van der Waals surface area contributed by atoms with Crippen LogP contribution in [0.1, 0.15) is 73.2 Å². The normalized spacial score (nSPS) is 19.7. The van der Waals surface area contributed by atoms with Crippen LogP contribution in [0.2, 0.25) is 0 Å². The average Bonchev–Trinajstić information content (AvgIpc) is 3.16. The molecule has 0 spiro atoms. The minimum absolute atomic E-state index is 0.00522. The number of benzene rings is 6. The molecule has 10 heteroatoms. The van der Waals surface area contributed by atoms with E-state index in [4.69, 9.17) is 9.47 Å². The Morgan fingerprint density at radius 3 is 1.21 bits per heavy atom. The van der Waals surface area contributed by atoms with Gasteiger partial charge in [-0.2, -0.15) is 0 Å². The van der Waals surface area contributed by atoms with Gasteiger partial charge in [-0.15, -0.1) is 0 Å². The highest BCUT2D eigenvalue weighted by Crippen LogP contribution is 2.56. The summed E-state index contributed by atoms with van der Waals surface area (Å²) in [6.45, 7) is 12.1. The number of phenolic OH excluding ortho intramolecular Hbond substituents is 6. The molecule has 10 nitrogen and oxygen atoms in total. The summed E-state index contributed by atoms with van der Waals surface area (Å²) in [5.74, 6) is 0.260. The summed E-state index contributed by atoms with van der Waals surface area (Å²) in [5, 5.41) is 73.3. The monoisotopic (exact) mass is 784 g/mol. The lowest BCUT2D eigenvalue weighted by atomic mass is 9.80. The van der Waals surface area contributed by atoms with Crippen LogP contribution in [0, 0.1) is 13.8 Å². The number of hydrogen-bond acceptors (Lipinski definition) is 10. The number of hydrogen-bond donors (Lipinski definition) is 6. The number of ether oxygens (including phenoxy) is 2. The Morgan fingerprint density at radius 1 is 0.500 bits per heavy atom. The summed E-state index contributed by atoms with van der Waals surface area (Å²) in [5.41, 5.74) is 7.44. The molecular formula is C48H52N2O8. The van der Waals surface area contributed by atoms with Gasteiger partial charge >= 0.3 is 0 Å². The molecule has 8 rings (SSSR count). The Bertz CT molecular complexity index is 2520. The molecule has 0 saturated carbocycles. The molecule has 0 amide bonds. The Kier molecular flexibility index (Phi) is 9.36. The zero-order valence-corrected chi connectivity index (χ0v) is 34.7. The minimum Gasteiger partial charge on any atom is -0.507 e. The van der Waals surface area contributed by atoms with Gasteiger partial charge in [0.2, 0.25) is 0 Å². The van der Waals surface area contributed by atoms with Crippen molar-refractivity contribution >= 4 is 21.5 Å². The molecule has 0 aliphatic carbocycles. The van der Waals surface area contributed by atoms with Crippen LogP contribution in [0.5, 0.6) is 46.0 Å². The van der Waals surface area contributed by atoms with Crippen LogP contribution in [-0.4, -0.2) is 80.8 Å². The molecule has 0 bridgehead atoms. The molecular weight excluding hydrogens is 733 g/mol. The number of rotatable bonds is 5. The van der Waals surface area contributed by atoms with Crippen LogP contribution >= 0.6 is 0 Å². The van der Waals surface area contributed by atoms with Crippen LogP contribution in [0.25, 0.3) is 54.9 Å². The van der Waals surface area contributed by atoms with Crippen molar-refractivity contribution < 1.29 is 40.1 Å². The van der Waals surface area contributed by atoms with Crippen LogP contribution in [0.3, 0.4) is 0 Å². The van der Waals surface area contributed by atoms with Crippen LogP contribution < -0.4 is 9.47 Å². The first kappa shape index (κ1) is 39.0. The first-order valence-corrected chi connectivity index (χ1v) is 19.8.